The van der Waals surface area contributed by atoms with E-state index in [-0.39, 0.29) is 18.6 Å². The average molecular weight is 579 g/mol. The lowest BCUT2D eigenvalue weighted by molar-refractivity contribution is 0.132. The van der Waals surface area contributed by atoms with E-state index in [0.717, 1.165) is 50.6 Å². The SMILES string of the molecule is CC.CCC(CO)C[C@@H](O)Nc1nc(N[C@H](C)c2ccc(C)cc2)nc(C)c1-c1nc2c(CC(C)C)nccc2s1. The van der Waals surface area contributed by atoms with Crippen molar-refractivity contribution < 1.29 is 10.2 Å². The van der Waals surface area contributed by atoms with Crippen LogP contribution in [-0.4, -0.2) is 43.0 Å². The van der Waals surface area contributed by atoms with E-state index in [1.807, 2.05) is 40.0 Å². The average Bonchev–Trinajstić information content (AvgIpc) is 3.37. The third kappa shape index (κ3) is 8.44. The number of rotatable bonds is 12. The summed E-state index contributed by atoms with van der Waals surface area (Å²) in [6, 6.07) is 10.4. The van der Waals surface area contributed by atoms with E-state index < -0.39 is 6.23 Å². The number of nitrogens with one attached hydrogen (secondary N) is 2. The van der Waals surface area contributed by atoms with Gasteiger partial charge in [-0.15, -0.1) is 11.3 Å². The maximum absolute atomic E-state index is 10.9. The van der Waals surface area contributed by atoms with E-state index in [4.69, 9.17) is 15.0 Å². The summed E-state index contributed by atoms with van der Waals surface area (Å²) < 4.78 is 1.06. The molecular weight excluding hydrogens is 532 g/mol. The monoisotopic (exact) mass is 578 g/mol. The predicted octanol–water partition coefficient (Wildman–Crippen LogP) is 7.30. The van der Waals surface area contributed by atoms with Crippen LogP contribution in [0.3, 0.4) is 0 Å². The number of thiazole rings is 1. The fourth-order valence-corrected chi connectivity index (χ4v) is 5.66. The quantitative estimate of drug-likeness (QED) is 0.129. The Morgan fingerprint density at radius 1 is 0.951 bits per heavy atom. The zero-order chi connectivity index (χ0) is 30.1. The van der Waals surface area contributed by atoms with E-state index in [9.17, 15) is 10.2 Å². The zero-order valence-corrected chi connectivity index (χ0v) is 26.5. The van der Waals surface area contributed by atoms with Crippen molar-refractivity contribution in [1.29, 1.82) is 0 Å². The number of hydrogen-bond donors (Lipinski definition) is 4. The van der Waals surface area contributed by atoms with E-state index in [1.54, 1.807) is 11.3 Å². The van der Waals surface area contributed by atoms with Gasteiger partial charge in [0.25, 0.3) is 0 Å². The molecule has 0 saturated carbocycles. The molecule has 1 aromatic carbocycles. The van der Waals surface area contributed by atoms with Crippen LogP contribution in [0.2, 0.25) is 0 Å². The van der Waals surface area contributed by atoms with Gasteiger partial charge in [0.05, 0.1) is 27.7 Å². The molecule has 0 aliphatic heterocycles. The number of hydrogen-bond acceptors (Lipinski definition) is 9. The summed E-state index contributed by atoms with van der Waals surface area (Å²) in [6.45, 7) is 16.5. The van der Waals surface area contributed by atoms with E-state index in [0.29, 0.717) is 24.1 Å². The second-order valence-electron chi connectivity index (χ2n) is 10.7. The molecule has 3 aromatic heterocycles. The maximum Gasteiger partial charge on any atom is 0.225 e. The van der Waals surface area contributed by atoms with Crippen LogP contribution in [0.1, 0.15) is 82.9 Å². The van der Waals surface area contributed by atoms with Gasteiger partial charge in [-0.25, -0.2) is 9.97 Å². The van der Waals surface area contributed by atoms with E-state index >= 15 is 0 Å². The number of aliphatic hydroxyl groups is 2. The number of benzene rings is 1. The molecule has 0 fully saturated rings. The number of aromatic nitrogens is 4. The first kappa shape index (κ1) is 32.4. The molecule has 0 saturated heterocycles. The second kappa shape index (κ2) is 15.2. The fraction of sp³-hybridized carbons (Fsp3) is 0.500. The Kier molecular flexibility index (Phi) is 12.0. The van der Waals surface area contributed by atoms with Crippen LogP contribution in [0, 0.1) is 25.7 Å². The van der Waals surface area contributed by atoms with Crippen LogP contribution >= 0.6 is 11.3 Å². The lowest BCUT2D eigenvalue weighted by atomic mass is 10.0. The van der Waals surface area contributed by atoms with Gasteiger partial charge in [0, 0.05) is 12.8 Å². The minimum absolute atomic E-state index is 0.00911. The standard InChI is InChI=1S/C30H40N6O2S.C2H6/c1-7-21(16-37)15-25(38)34-28-26(29-35-27-23(14-17(2)3)31-13-12-24(27)39-29)20(6)33-30(36-28)32-19(5)22-10-8-18(4)9-11-22;1-2/h8-13,17,19,21,25,37-38H,7,14-16H2,1-6H3,(H2,32,33,34,36);1-2H3/t19-,21?,25-;/m1./s1. The third-order valence-electron chi connectivity index (χ3n) is 6.91. The van der Waals surface area contributed by atoms with Crippen LogP contribution in [0.4, 0.5) is 11.8 Å². The van der Waals surface area contributed by atoms with E-state index in [2.05, 4.69) is 67.6 Å². The lowest BCUT2D eigenvalue weighted by Gasteiger charge is -2.21. The largest absolute Gasteiger partial charge is 0.396 e. The molecule has 0 amide bonds. The third-order valence-corrected chi connectivity index (χ3v) is 7.94. The summed E-state index contributed by atoms with van der Waals surface area (Å²) in [4.78, 5) is 19.2. The van der Waals surface area contributed by atoms with Gasteiger partial charge in [-0.3, -0.25) is 4.98 Å². The van der Waals surface area contributed by atoms with Crippen molar-refractivity contribution in [2.24, 2.45) is 11.8 Å². The molecule has 0 radical (unpaired) electrons. The summed E-state index contributed by atoms with van der Waals surface area (Å²) in [7, 11) is 0. The molecule has 4 aromatic rings. The fourth-order valence-electron chi connectivity index (χ4n) is 4.58. The second-order valence-corrected chi connectivity index (χ2v) is 11.7. The van der Waals surface area contributed by atoms with Crippen LogP contribution in [0.5, 0.6) is 0 Å². The number of nitrogens with zero attached hydrogens (tertiary/aromatic N) is 4. The Morgan fingerprint density at radius 3 is 2.29 bits per heavy atom. The van der Waals surface area contributed by atoms with Gasteiger partial charge in [-0.1, -0.05) is 70.9 Å². The zero-order valence-electron chi connectivity index (χ0n) is 25.7. The lowest BCUT2D eigenvalue weighted by Crippen LogP contribution is -2.25. The number of fused-ring (bicyclic) bond motifs is 1. The normalized spacial score (nSPS) is 13.4. The van der Waals surface area contributed by atoms with Gasteiger partial charge in [0.15, 0.2) is 0 Å². The van der Waals surface area contributed by atoms with Crippen LogP contribution in [-0.2, 0) is 6.42 Å². The van der Waals surface area contributed by atoms with Crippen molar-refractivity contribution in [2.75, 3.05) is 17.2 Å². The van der Waals surface area contributed by atoms with Gasteiger partial charge in [0.2, 0.25) is 5.95 Å². The molecule has 3 heterocycles. The Balaban J connectivity index is 0.00000226. The van der Waals surface area contributed by atoms with Crippen molar-refractivity contribution >= 4 is 33.3 Å². The molecule has 1 unspecified atom stereocenters. The molecule has 4 rings (SSSR count). The number of aliphatic hydroxyl groups excluding tert-OH is 2. The molecule has 0 aliphatic carbocycles. The summed E-state index contributed by atoms with van der Waals surface area (Å²) in [5.41, 5.74) is 5.74. The van der Waals surface area contributed by atoms with Crippen molar-refractivity contribution in [2.45, 2.75) is 86.9 Å². The predicted molar refractivity (Wildman–Crippen MR) is 171 cm³/mol. The van der Waals surface area contributed by atoms with Gasteiger partial charge >= 0.3 is 0 Å². The minimum atomic E-state index is -0.884. The summed E-state index contributed by atoms with van der Waals surface area (Å²) in [5, 5.41) is 28.0. The van der Waals surface area contributed by atoms with Crippen molar-refractivity contribution in [3.05, 3.63) is 59.0 Å². The minimum Gasteiger partial charge on any atom is -0.396 e. The first-order valence-electron chi connectivity index (χ1n) is 14.7. The van der Waals surface area contributed by atoms with Crippen LogP contribution < -0.4 is 10.6 Å². The number of aryl methyl sites for hydroxylation is 2. The van der Waals surface area contributed by atoms with Crippen LogP contribution in [0.25, 0.3) is 20.8 Å². The highest BCUT2D eigenvalue weighted by Gasteiger charge is 2.22. The van der Waals surface area contributed by atoms with Gasteiger partial charge < -0.3 is 20.8 Å². The highest BCUT2D eigenvalue weighted by molar-refractivity contribution is 7.21. The number of pyridine rings is 1. The summed E-state index contributed by atoms with van der Waals surface area (Å²) in [6.07, 6.45) is 2.98. The smallest absolute Gasteiger partial charge is 0.225 e. The summed E-state index contributed by atoms with van der Waals surface area (Å²) >= 11 is 1.57. The molecule has 9 heteroatoms. The van der Waals surface area contributed by atoms with Crippen LogP contribution in [0.15, 0.2) is 36.5 Å². The molecule has 4 N–H and O–H groups in total. The molecule has 8 nitrogen and oxygen atoms in total. The molecular formula is C32H46N6O2S. The van der Waals surface area contributed by atoms with E-state index in [1.165, 1.54) is 5.56 Å². The molecule has 0 spiro atoms. The Bertz CT molecular complexity index is 1390. The van der Waals surface area contributed by atoms with Gasteiger partial charge in [-0.2, -0.15) is 4.98 Å². The number of anilines is 2. The first-order valence-corrected chi connectivity index (χ1v) is 15.5. The Hall–Kier alpha value is -3.14. The summed E-state index contributed by atoms with van der Waals surface area (Å²) in [5.74, 6) is 1.44. The van der Waals surface area contributed by atoms with Crippen molar-refractivity contribution in [3.8, 4) is 10.6 Å². The molecule has 222 valence electrons. The maximum atomic E-state index is 10.9. The molecule has 41 heavy (non-hydrogen) atoms. The molecule has 0 bridgehead atoms. The highest BCUT2D eigenvalue weighted by atomic mass is 32.1. The first-order chi connectivity index (χ1) is 19.7. The van der Waals surface area contributed by atoms with Crippen molar-refractivity contribution in [1.82, 2.24) is 19.9 Å². The molecule has 3 atom stereocenters. The Labute approximate surface area is 248 Å². The van der Waals surface area contributed by atoms with Crippen molar-refractivity contribution in [3.63, 3.8) is 0 Å². The highest BCUT2D eigenvalue weighted by Crippen LogP contribution is 2.37. The van der Waals surface area contributed by atoms with Gasteiger partial charge in [-0.05, 0) is 57.1 Å². The molecule has 0 aliphatic rings. The topological polar surface area (TPSA) is 116 Å². The van der Waals surface area contributed by atoms with Gasteiger partial charge in [0.1, 0.15) is 22.6 Å². The Morgan fingerprint density at radius 2 is 1.66 bits per heavy atom.